The van der Waals surface area contributed by atoms with Crippen molar-refractivity contribution in [3.05, 3.63) is 53.8 Å². The van der Waals surface area contributed by atoms with Gasteiger partial charge in [0.1, 0.15) is 0 Å². The lowest BCUT2D eigenvalue weighted by molar-refractivity contribution is 0.0994. The van der Waals surface area contributed by atoms with Gasteiger partial charge in [0.05, 0.1) is 20.0 Å². The SMILES string of the molecule is C=C(CCCCC)Oc1c(-c2cccc3c2CCC3=O)ccc(OC)c1OC. The van der Waals surface area contributed by atoms with Crippen LogP contribution in [0.1, 0.15) is 54.9 Å². The number of benzene rings is 2. The van der Waals surface area contributed by atoms with Crippen LogP contribution in [0.3, 0.4) is 0 Å². The lowest BCUT2D eigenvalue weighted by atomic mass is 9.95. The van der Waals surface area contributed by atoms with E-state index < -0.39 is 0 Å². The number of ether oxygens (including phenoxy) is 3. The molecular formula is C24H28O4. The Kier molecular flexibility index (Phi) is 6.40. The van der Waals surface area contributed by atoms with E-state index in [0.717, 1.165) is 54.4 Å². The fraction of sp³-hybridized carbons (Fsp3) is 0.375. The number of Topliss-reactive ketones (excluding diaryl/α,β-unsaturated/α-hetero) is 1. The molecule has 0 radical (unpaired) electrons. The van der Waals surface area contributed by atoms with E-state index >= 15 is 0 Å². The summed E-state index contributed by atoms with van der Waals surface area (Å²) in [4.78, 5) is 12.2. The van der Waals surface area contributed by atoms with Crippen LogP contribution in [0.2, 0.25) is 0 Å². The maximum atomic E-state index is 12.2. The van der Waals surface area contributed by atoms with Gasteiger partial charge >= 0.3 is 0 Å². The van der Waals surface area contributed by atoms with Gasteiger partial charge in [-0.3, -0.25) is 4.79 Å². The van der Waals surface area contributed by atoms with Gasteiger partial charge in [-0.1, -0.05) is 44.5 Å². The summed E-state index contributed by atoms with van der Waals surface area (Å²) in [6.45, 7) is 6.27. The van der Waals surface area contributed by atoms with Crippen molar-refractivity contribution in [1.82, 2.24) is 0 Å². The molecule has 0 amide bonds. The van der Waals surface area contributed by atoms with E-state index in [1.165, 1.54) is 0 Å². The van der Waals surface area contributed by atoms with Gasteiger partial charge in [0, 0.05) is 24.0 Å². The number of carbonyl (C=O) groups is 1. The average molecular weight is 380 g/mol. The summed E-state index contributed by atoms with van der Waals surface area (Å²) in [6, 6.07) is 9.70. The number of fused-ring (bicyclic) bond motifs is 1. The third kappa shape index (κ3) is 3.91. The van der Waals surface area contributed by atoms with Crippen LogP contribution in [-0.2, 0) is 6.42 Å². The highest BCUT2D eigenvalue weighted by molar-refractivity contribution is 6.02. The van der Waals surface area contributed by atoms with Crippen molar-refractivity contribution in [2.45, 2.75) is 45.4 Å². The van der Waals surface area contributed by atoms with E-state index in [1.54, 1.807) is 14.2 Å². The molecule has 4 nitrogen and oxygen atoms in total. The molecule has 3 rings (SSSR count). The molecular weight excluding hydrogens is 352 g/mol. The van der Waals surface area contributed by atoms with Gasteiger partial charge in [0.25, 0.3) is 0 Å². The molecule has 0 atom stereocenters. The van der Waals surface area contributed by atoms with Crippen molar-refractivity contribution < 1.29 is 19.0 Å². The molecule has 0 saturated carbocycles. The lowest BCUT2D eigenvalue weighted by Crippen LogP contribution is -2.02. The second-order valence-corrected chi connectivity index (χ2v) is 7.03. The minimum atomic E-state index is 0.198. The maximum absolute atomic E-state index is 12.2. The van der Waals surface area contributed by atoms with Crippen LogP contribution in [0.4, 0.5) is 0 Å². The third-order valence-corrected chi connectivity index (χ3v) is 5.17. The molecule has 0 aromatic heterocycles. The first-order valence-electron chi connectivity index (χ1n) is 9.86. The number of hydrogen-bond acceptors (Lipinski definition) is 4. The van der Waals surface area contributed by atoms with Crippen LogP contribution in [0.5, 0.6) is 17.2 Å². The van der Waals surface area contributed by atoms with Crippen LogP contribution < -0.4 is 14.2 Å². The van der Waals surface area contributed by atoms with Crippen LogP contribution in [0.15, 0.2) is 42.7 Å². The first kappa shape index (κ1) is 20.0. The highest BCUT2D eigenvalue weighted by Gasteiger charge is 2.26. The van der Waals surface area contributed by atoms with Gasteiger partial charge in [0.2, 0.25) is 5.75 Å². The molecule has 28 heavy (non-hydrogen) atoms. The first-order chi connectivity index (χ1) is 13.6. The summed E-state index contributed by atoms with van der Waals surface area (Å²) in [5, 5.41) is 0. The summed E-state index contributed by atoms with van der Waals surface area (Å²) >= 11 is 0. The van der Waals surface area contributed by atoms with Gasteiger partial charge in [-0.25, -0.2) is 0 Å². The highest BCUT2D eigenvalue weighted by Crippen LogP contribution is 2.47. The minimum absolute atomic E-state index is 0.198. The average Bonchev–Trinajstić information content (AvgIpc) is 3.09. The topological polar surface area (TPSA) is 44.8 Å². The van der Waals surface area contributed by atoms with Crippen LogP contribution in [0, 0.1) is 0 Å². The second-order valence-electron chi connectivity index (χ2n) is 7.03. The number of methoxy groups -OCH3 is 2. The minimum Gasteiger partial charge on any atom is -0.493 e. The van der Waals surface area contributed by atoms with Crippen molar-refractivity contribution in [3.63, 3.8) is 0 Å². The first-order valence-corrected chi connectivity index (χ1v) is 9.86. The second kappa shape index (κ2) is 8.96. The van der Waals surface area contributed by atoms with Gasteiger partial charge in [0.15, 0.2) is 17.3 Å². The predicted molar refractivity (Wildman–Crippen MR) is 112 cm³/mol. The molecule has 0 spiro atoms. The zero-order chi connectivity index (χ0) is 20.1. The molecule has 0 N–H and O–H groups in total. The van der Waals surface area contributed by atoms with E-state index in [2.05, 4.69) is 13.5 Å². The zero-order valence-electron chi connectivity index (χ0n) is 17.0. The lowest BCUT2D eigenvalue weighted by Gasteiger charge is -2.20. The highest BCUT2D eigenvalue weighted by atomic mass is 16.5. The molecule has 0 aliphatic heterocycles. The summed E-state index contributed by atoms with van der Waals surface area (Å²) in [5.74, 6) is 2.63. The molecule has 1 aliphatic carbocycles. The molecule has 0 fully saturated rings. The molecule has 2 aromatic rings. The Bertz CT molecular complexity index is 882. The number of allylic oxidation sites excluding steroid dienone is 1. The fourth-order valence-electron chi connectivity index (χ4n) is 3.72. The Morgan fingerprint density at radius 1 is 0.964 bits per heavy atom. The van der Waals surface area contributed by atoms with Gasteiger partial charge in [-0.2, -0.15) is 0 Å². The summed E-state index contributed by atoms with van der Waals surface area (Å²) in [6.07, 6.45) is 5.41. The molecule has 0 bridgehead atoms. The Morgan fingerprint density at radius 3 is 2.46 bits per heavy atom. The Labute approximate surface area is 167 Å². The third-order valence-electron chi connectivity index (χ3n) is 5.17. The number of carbonyl (C=O) groups excluding carboxylic acids is 1. The van der Waals surface area contributed by atoms with Crippen molar-refractivity contribution in [1.29, 1.82) is 0 Å². The Balaban J connectivity index is 2.07. The normalized spacial score (nSPS) is 12.6. The van der Waals surface area contributed by atoms with E-state index in [4.69, 9.17) is 14.2 Å². The number of rotatable bonds is 9. The fourth-order valence-corrected chi connectivity index (χ4v) is 3.72. The monoisotopic (exact) mass is 380 g/mol. The Hall–Kier alpha value is -2.75. The smallest absolute Gasteiger partial charge is 0.204 e. The summed E-state index contributed by atoms with van der Waals surface area (Å²) in [7, 11) is 3.21. The quantitative estimate of drug-likeness (QED) is 0.397. The number of ketones is 1. The van der Waals surface area contributed by atoms with Crippen molar-refractivity contribution in [2.24, 2.45) is 0 Å². The molecule has 0 heterocycles. The van der Waals surface area contributed by atoms with E-state index in [-0.39, 0.29) is 5.78 Å². The standard InChI is InChI=1S/C24H28O4/c1-5-6-7-9-16(2)28-23-20(13-15-22(26-3)24(23)27-4)17-10-8-11-19-18(17)12-14-21(19)25/h8,10-11,13,15H,2,5-7,9,12,14H2,1,3-4H3. The van der Waals surface area contributed by atoms with E-state index in [9.17, 15) is 4.79 Å². The molecule has 2 aromatic carbocycles. The van der Waals surface area contributed by atoms with Gasteiger partial charge < -0.3 is 14.2 Å². The van der Waals surface area contributed by atoms with Crippen molar-refractivity contribution in [3.8, 4) is 28.4 Å². The number of unbranched alkanes of at least 4 members (excludes halogenated alkanes) is 2. The van der Waals surface area contributed by atoms with Gasteiger partial charge in [-0.05, 0) is 36.1 Å². The number of hydrogen-bond donors (Lipinski definition) is 0. The van der Waals surface area contributed by atoms with Crippen molar-refractivity contribution >= 4 is 5.78 Å². The Morgan fingerprint density at radius 2 is 1.75 bits per heavy atom. The largest absolute Gasteiger partial charge is 0.493 e. The van der Waals surface area contributed by atoms with Crippen LogP contribution in [0.25, 0.3) is 11.1 Å². The van der Waals surface area contributed by atoms with E-state index in [1.807, 2.05) is 30.3 Å². The zero-order valence-corrected chi connectivity index (χ0v) is 17.0. The molecule has 0 unspecified atom stereocenters. The van der Waals surface area contributed by atoms with Gasteiger partial charge in [-0.15, -0.1) is 0 Å². The molecule has 148 valence electrons. The van der Waals surface area contributed by atoms with Crippen LogP contribution in [-0.4, -0.2) is 20.0 Å². The maximum Gasteiger partial charge on any atom is 0.204 e. The van der Waals surface area contributed by atoms with Crippen LogP contribution >= 0.6 is 0 Å². The van der Waals surface area contributed by atoms with E-state index in [0.29, 0.717) is 29.4 Å². The van der Waals surface area contributed by atoms with Crippen molar-refractivity contribution in [2.75, 3.05) is 14.2 Å². The summed E-state index contributed by atoms with van der Waals surface area (Å²) in [5.41, 5.74) is 3.77. The molecule has 0 saturated heterocycles. The molecule has 1 aliphatic rings. The summed E-state index contributed by atoms with van der Waals surface area (Å²) < 4.78 is 17.3. The predicted octanol–water partition coefficient (Wildman–Crippen LogP) is 5.97. The molecule has 4 heteroatoms.